The summed E-state index contributed by atoms with van der Waals surface area (Å²) in [6, 6.07) is 16.4. The molecule has 0 N–H and O–H groups in total. The minimum absolute atomic E-state index is 0.458. The van der Waals surface area contributed by atoms with Crippen molar-refractivity contribution in [2.45, 2.75) is 78.8 Å². The fraction of sp³-hybridized carbons (Fsp3) is 0.500. The molecule has 0 amide bonds. The minimum atomic E-state index is -1.88. The minimum Gasteiger partial charge on any atom is -0.215 e. The van der Waals surface area contributed by atoms with Crippen molar-refractivity contribution >= 4 is 36.9 Å². The summed E-state index contributed by atoms with van der Waals surface area (Å²) < 4.78 is 0. The Bertz CT molecular complexity index is 866. The van der Waals surface area contributed by atoms with Crippen LogP contribution in [0, 0.1) is 0 Å². The molecule has 0 saturated carbocycles. The summed E-state index contributed by atoms with van der Waals surface area (Å²) >= 11 is 0. The Morgan fingerprint density at radius 1 is 0.600 bits per heavy atom. The summed E-state index contributed by atoms with van der Waals surface area (Å²) in [6.45, 7) is 21.2. The summed E-state index contributed by atoms with van der Waals surface area (Å²) in [5, 5.41) is 30.1. The molecule has 0 unspecified atom stereocenters. The van der Waals surface area contributed by atoms with Gasteiger partial charge < -0.3 is 0 Å². The largest absolute Gasteiger partial charge is 0.215 e. The van der Waals surface area contributed by atoms with E-state index in [2.05, 4.69) is 50.5 Å². The van der Waals surface area contributed by atoms with Gasteiger partial charge in [-0.1, -0.05) is 71.2 Å². The van der Waals surface area contributed by atoms with Crippen LogP contribution in [0.3, 0.4) is 0 Å². The van der Waals surface area contributed by atoms with E-state index in [-0.39, 0.29) is 0 Å². The van der Waals surface area contributed by atoms with Crippen molar-refractivity contribution in [2.75, 3.05) is 10.1 Å². The van der Waals surface area contributed by atoms with Gasteiger partial charge in [0.15, 0.2) is 0 Å². The van der Waals surface area contributed by atoms with Crippen LogP contribution < -0.4 is 20.5 Å². The summed E-state index contributed by atoms with van der Waals surface area (Å²) in [7, 11) is -3.74. The first-order chi connectivity index (χ1) is 13.5. The summed E-state index contributed by atoms with van der Waals surface area (Å²) in [5.41, 5.74) is 0.502. The highest BCUT2D eigenvalue weighted by Crippen LogP contribution is 2.26. The van der Waals surface area contributed by atoms with Gasteiger partial charge in [0.1, 0.15) is 0 Å². The molecule has 0 fully saturated rings. The van der Waals surface area contributed by atoms with E-state index in [0.717, 1.165) is 15.8 Å². The SMILES string of the molecule is CC(C)(C)N([O])c1ccc([Si](C)(C)[Si](C)(C)c2cccc(N([O])C(C)(C)C)c2)cc1. The number of hydrogen-bond donors (Lipinski definition) is 0. The van der Waals surface area contributed by atoms with Crippen LogP contribution in [-0.4, -0.2) is 26.3 Å². The molecule has 4 nitrogen and oxygen atoms in total. The number of hydrogen-bond acceptors (Lipinski definition) is 2. The predicted octanol–water partition coefficient (Wildman–Crippen LogP) is 5.20. The van der Waals surface area contributed by atoms with Gasteiger partial charge in [-0.3, -0.25) is 0 Å². The third-order valence-corrected chi connectivity index (χ3v) is 24.2. The lowest BCUT2D eigenvalue weighted by molar-refractivity contribution is 0.102. The first kappa shape index (κ1) is 24.7. The molecule has 0 saturated heterocycles. The Morgan fingerprint density at radius 2 is 1.03 bits per heavy atom. The lowest BCUT2D eigenvalue weighted by Gasteiger charge is -2.40. The molecule has 0 spiro atoms. The molecule has 30 heavy (non-hydrogen) atoms. The first-order valence-corrected chi connectivity index (χ1v) is 17.7. The molecule has 0 aliphatic heterocycles. The van der Waals surface area contributed by atoms with E-state index >= 15 is 0 Å². The van der Waals surface area contributed by atoms with Gasteiger partial charge in [-0.2, -0.15) is 0 Å². The molecule has 164 valence electrons. The van der Waals surface area contributed by atoms with Crippen molar-refractivity contribution in [3.63, 3.8) is 0 Å². The van der Waals surface area contributed by atoms with Gasteiger partial charge in [0.2, 0.25) is 0 Å². The maximum atomic E-state index is 12.8. The summed E-state index contributed by atoms with van der Waals surface area (Å²) in [6.07, 6.45) is 0. The molecule has 2 aromatic carbocycles. The molecule has 0 bridgehead atoms. The zero-order chi connectivity index (χ0) is 23.1. The topological polar surface area (TPSA) is 46.3 Å². The number of anilines is 2. The van der Waals surface area contributed by atoms with Gasteiger partial charge in [0, 0.05) is 0 Å². The van der Waals surface area contributed by atoms with Crippen molar-refractivity contribution in [1.29, 1.82) is 0 Å². The normalized spacial score (nSPS) is 13.3. The van der Waals surface area contributed by atoms with E-state index in [1.54, 1.807) is 0 Å². The molecular weight excluding hydrogens is 404 g/mol. The van der Waals surface area contributed by atoms with E-state index in [9.17, 15) is 10.4 Å². The number of rotatable bonds is 5. The second kappa shape index (κ2) is 8.15. The zero-order valence-corrected chi connectivity index (χ0v) is 22.3. The number of hydroxylamine groups is 2. The molecule has 2 aromatic rings. The maximum Gasteiger partial charge on any atom is 0.0792 e. The third kappa shape index (κ3) is 4.82. The first-order valence-electron chi connectivity index (χ1n) is 10.7. The van der Waals surface area contributed by atoms with Gasteiger partial charge in [0.25, 0.3) is 0 Å². The molecule has 0 aliphatic rings. The standard InChI is InChI=1S/C24H38N2O2Si2/c1-23(2,3)25(27)19-14-16-21(17-15-19)29(7,8)30(9,10)22-13-11-12-20(18-22)26(28)24(4,5)6/h11-18H,1-10H3. The molecule has 2 rings (SSSR count). The third-order valence-electron chi connectivity index (χ3n) is 6.41. The van der Waals surface area contributed by atoms with Crippen LogP contribution in [0.25, 0.3) is 0 Å². The maximum absolute atomic E-state index is 12.8. The molecule has 0 aromatic heterocycles. The average Bonchev–Trinajstić information content (AvgIpc) is 2.65. The molecular formula is C24H38N2O2Si2. The van der Waals surface area contributed by atoms with Crippen LogP contribution in [0.4, 0.5) is 11.4 Å². The van der Waals surface area contributed by atoms with E-state index < -0.39 is 26.3 Å². The van der Waals surface area contributed by atoms with Gasteiger partial charge in [-0.25, -0.2) is 10.1 Å². The van der Waals surface area contributed by atoms with Crippen LogP contribution in [-0.2, 0) is 10.4 Å². The lowest BCUT2D eigenvalue weighted by atomic mass is 10.1. The Morgan fingerprint density at radius 3 is 1.50 bits per heavy atom. The van der Waals surface area contributed by atoms with Crippen LogP contribution in [0.2, 0.25) is 26.2 Å². The van der Waals surface area contributed by atoms with Crippen LogP contribution in [0.15, 0.2) is 48.5 Å². The van der Waals surface area contributed by atoms with E-state index in [1.807, 2.05) is 65.8 Å². The fourth-order valence-electron chi connectivity index (χ4n) is 3.53. The molecule has 0 heterocycles. The van der Waals surface area contributed by atoms with Crippen molar-refractivity contribution in [3.8, 4) is 0 Å². The van der Waals surface area contributed by atoms with Crippen molar-refractivity contribution < 1.29 is 10.4 Å². The highest BCUT2D eigenvalue weighted by Gasteiger charge is 2.44. The van der Waals surface area contributed by atoms with Crippen molar-refractivity contribution in [2.24, 2.45) is 0 Å². The number of nitrogens with zero attached hydrogens (tertiary/aromatic N) is 2. The fourth-order valence-corrected chi connectivity index (χ4v) is 12.3. The second-order valence-corrected chi connectivity index (χ2v) is 26.4. The number of benzene rings is 2. The van der Waals surface area contributed by atoms with E-state index in [0.29, 0.717) is 5.69 Å². The van der Waals surface area contributed by atoms with E-state index in [1.165, 1.54) is 10.4 Å². The highest BCUT2D eigenvalue weighted by molar-refractivity contribution is 7.49. The van der Waals surface area contributed by atoms with E-state index in [4.69, 9.17) is 0 Å². The van der Waals surface area contributed by atoms with Crippen molar-refractivity contribution in [3.05, 3.63) is 48.5 Å². The highest BCUT2D eigenvalue weighted by atomic mass is 29.3. The van der Waals surface area contributed by atoms with Gasteiger partial charge in [-0.05, 0) is 65.8 Å². The Kier molecular flexibility index (Phi) is 6.70. The Balaban J connectivity index is 2.41. The van der Waals surface area contributed by atoms with Gasteiger partial charge in [0.05, 0.1) is 37.6 Å². The van der Waals surface area contributed by atoms with Crippen LogP contribution in [0.5, 0.6) is 0 Å². The Hall–Kier alpha value is -1.61. The molecule has 0 aliphatic carbocycles. The van der Waals surface area contributed by atoms with Gasteiger partial charge in [-0.15, -0.1) is 0 Å². The quantitative estimate of drug-likeness (QED) is 0.472. The van der Waals surface area contributed by atoms with Gasteiger partial charge >= 0.3 is 0 Å². The van der Waals surface area contributed by atoms with Crippen molar-refractivity contribution in [1.82, 2.24) is 0 Å². The monoisotopic (exact) mass is 442 g/mol. The predicted molar refractivity (Wildman–Crippen MR) is 133 cm³/mol. The molecule has 2 radical (unpaired) electrons. The molecule has 0 atom stereocenters. The van der Waals surface area contributed by atoms with Crippen LogP contribution >= 0.6 is 0 Å². The summed E-state index contributed by atoms with van der Waals surface area (Å²) in [4.78, 5) is 0. The average molecular weight is 443 g/mol. The zero-order valence-electron chi connectivity index (χ0n) is 20.3. The summed E-state index contributed by atoms with van der Waals surface area (Å²) in [5.74, 6) is 0. The second-order valence-electron chi connectivity index (χ2n) is 11.3. The molecule has 6 heteroatoms. The Labute approximate surface area is 184 Å². The smallest absolute Gasteiger partial charge is 0.0792 e. The van der Waals surface area contributed by atoms with Crippen LogP contribution in [0.1, 0.15) is 41.5 Å². The lowest BCUT2D eigenvalue weighted by Crippen LogP contribution is -2.69.